The molecule has 8 rings (SSSR count). The average Bonchev–Trinajstić information content (AvgIpc) is 3.50. The molecule has 8 aromatic rings. The third kappa shape index (κ3) is 4.13. The van der Waals surface area contributed by atoms with Gasteiger partial charge >= 0.3 is 0 Å². The van der Waals surface area contributed by atoms with Crippen molar-refractivity contribution in [2.45, 2.75) is 0 Å². The molecule has 0 aliphatic heterocycles. The Bertz CT molecular complexity index is 2140. The number of aromatic nitrogens is 5. The van der Waals surface area contributed by atoms with E-state index in [0.717, 1.165) is 59.7 Å². The maximum absolute atomic E-state index is 4.96. The van der Waals surface area contributed by atoms with Crippen LogP contribution in [0.5, 0.6) is 0 Å². The highest BCUT2D eigenvalue weighted by atomic mass is 32.1. The second kappa shape index (κ2) is 9.70. The quantitative estimate of drug-likeness (QED) is 0.208. The summed E-state index contributed by atoms with van der Waals surface area (Å²) >= 11 is 1.51. The zero-order valence-corrected chi connectivity index (χ0v) is 22.6. The van der Waals surface area contributed by atoms with Crippen molar-refractivity contribution < 1.29 is 0 Å². The topological polar surface area (TPSA) is 64.5 Å². The lowest BCUT2D eigenvalue weighted by Gasteiger charge is -2.11. The highest BCUT2D eigenvalue weighted by Crippen LogP contribution is 2.40. The van der Waals surface area contributed by atoms with Crippen molar-refractivity contribution >= 4 is 43.2 Å². The van der Waals surface area contributed by atoms with E-state index in [-0.39, 0.29) is 0 Å². The Morgan fingerprint density at radius 3 is 1.78 bits per heavy atom. The highest BCUT2D eigenvalue weighted by molar-refractivity contribution is 7.14. The van der Waals surface area contributed by atoms with Gasteiger partial charge in [0.15, 0.2) is 17.5 Å². The second-order valence-corrected chi connectivity index (χ2v) is 10.6. The lowest BCUT2D eigenvalue weighted by Crippen LogP contribution is -2.00. The summed E-state index contributed by atoms with van der Waals surface area (Å²) < 4.78 is 5.97. The SMILES string of the molecule is c1ccc(-c2nc(-c3ccccc3)nc(-c3ccc4ccc5ccc6snc(-c7ccccn7)c6c5c4c3)n2)cc1. The molecule has 0 aliphatic rings. The number of pyridine rings is 1. The van der Waals surface area contributed by atoms with Gasteiger partial charge in [0.1, 0.15) is 5.69 Å². The zero-order chi connectivity index (χ0) is 27.2. The van der Waals surface area contributed by atoms with Crippen molar-refractivity contribution in [3.05, 3.63) is 128 Å². The number of nitrogens with zero attached hydrogens (tertiary/aromatic N) is 5. The van der Waals surface area contributed by atoms with E-state index in [2.05, 4.69) is 47.4 Å². The molecule has 0 aliphatic carbocycles. The molecule has 0 unspecified atom stereocenters. The lowest BCUT2D eigenvalue weighted by atomic mass is 9.96. The van der Waals surface area contributed by atoms with Crippen molar-refractivity contribution in [2.24, 2.45) is 0 Å². The van der Waals surface area contributed by atoms with Crippen LogP contribution in [0.4, 0.5) is 0 Å². The van der Waals surface area contributed by atoms with Gasteiger partial charge in [0, 0.05) is 33.7 Å². The number of rotatable bonds is 4. The Labute approximate surface area is 240 Å². The summed E-state index contributed by atoms with van der Waals surface area (Å²) in [6.07, 6.45) is 1.82. The van der Waals surface area contributed by atoms with Crippen LogP contribution in [0.1, 0.15) is 0 Å². The molecule has 6 heteroatoms. The van der Waals surface area contributed by atoms with Gasteiger partial charge in [0.25, 0.3) is 0 Å². The van der Waals surface area contributed by atoms with E-state index in [1.807, 2.05) is 85.1 Å². The van der Waals surface area contributed by atoms with Crippen LogP contribution in [0.2, 0.25) is 0 Å². The van der Waals surface area contributed by atoms with Crippen LogP contribution in [0.15, 0.2) is 128 Å². The van der Waals surface area contributed by atoms with Crippen LogP contribution in [-0.4, -0.2) is 24.3 Å². The highest BCUT2D eigenvalue weighted by Gasteiger charge is 2.17. The van der Waals surface area contributed by atoms with Crippen LogP contribution >= 0.6 is 11.5 Å². The van der Waals surface area contributed by atoms with E-state index in [0.29, 0.717) is 17.5 Å². The van der Waals surface area contributed by atoms with E-state index >= 15 is 0 Å². The van der Waals surface area contributed by atoms with E-state index < -0.39 is 0 Å². The molecule has 0 radical (unpaired) electrons. The maximum atomic E-state index is 4.96. The van der Waals surface area contributed by atoms with E-state index in [4.69, 9.17) is 19.3 Å². The molecule has 0 amide bonds. The Hall–Kier alpha value is -5.33. The largest absolute Gasteiger partial charge is 0.255 e. The number of hydrogen-bond acceptors (Lipinski definition) is 6. The van der Waals surface area contributed by atoms with Crippen molar-refractivity contribution in [1.29, 1.82) is 0 Å². The van der Waals surface area contributed by atoms with Gasteiger partial charge in [-0.05, 0) is 52.0 Å². The summed E-state index contributed by atoms with van der Waals surface area (Å²) in [7, 11) is 0. The van der Waals surface area contributed by atoms with Crippen molar-refractivity contribution in [3.8, 4) is 45.6 Å². The monoisotopic (exact) mass is 543 g/mol. The average molecular weight is 544 g/mol. The van der Waals surface area contributed by atoms with E-state index in [1.165, 1.54) is 11.5 Å². The van der Waals surface area contributed by atoms with Crippen LogP contribution in [0, 0.1) is 0 Å². The molecular weight excluding hydrogens is 522 g/mol. The fraction of sp³-hybridized carbons (Fsp3) is 0. The summed E-state index contributed by atoms with van der Waals surface area (Å²) in [5, 5.41) is 5.72. The van der Waals surface area contributed by atoms with Crippen molar-refractivity contribution in [1.82, 2.24) is 24.3 Å². The smallest absolute Gasteiger partial charge is 0.164 e. The minimum absolute atomic E-state index is 0.636. The number of hydrogen-bond donors (Lipinski definition) is 0. The third-order valence-electron chi connectivity index (χ3n) is 7.30. The Kier molecular flexibility index (Phi) is 5.57. The van der Waals surface area contributed by atoms with Gasteiger partial charge in [-0.2, -0.15) is 4.37 Å². The first kappa shape index (κ1) is 23.5. The molecule has 0 saturated carbocycles. The molecule has 0 atom stereocenters. The standard InChI is InChI=1S/C35H21N5S/c1-3-9-24(10-4-1)33-37-34(25-11-5-2-6-12-25)39-35(38-33)26-17-15-22-14-16-23-18-19-29-31(30(23)27(22)21-26)32(40-41-29)28-13-7-8-20-36-28/h1-21H. The van der Waals surface area contributed by atoms with Crippen molar-refractivity contribution in [3.63, 3.8) is 0 Å². The van der Waals surface area contributed by atoms with Gasteiger partial charge in [0.2, 0.25) is 0 Å². The molecular formula is C35H21N5S. The molecule has 5 aromatic carbocycles. The molecule has 41 heavy (non-hydrogen) atoms. The second-order valence-electron chi connectivity index (χ2n) is 9.82. The van der Waals surface area contributed by atoms with E-state index in [1.54, 1.807) is 0 Å². The van der Waals surface area contributed by atoms with Gasteiger partial charge in [-0.1, -0.05) is 97.1 Å². The van der Waals surface area contributed by atoms with Crippen molar-refractivity contribution in [2.75, 3.05) is 0 Å². The van der Waals surface area contributed by atoms with Crippen LogP contribution in [0.25, 0.3) is 77.2 Å². The lowest BCUT2D eigenvalue weighted by molar-refractivity contribution is 1.07. The minimum atomic E-state index is 0.636. The van der Waals surface area contributed by atoms with Crippen LogP contribution in [-0.2, 0) is 0 Å². The molecule has 0 saturated heterocycles. The fourth-order valence-corrected chi connectivity index (χ4v) is 6.13. The van der Waals surface area contributed by atoms with Gasteiger partial charge in [-0.25, -0.2) is 15.0 Å². The summed E-state index contributed by atoms with van der Waals surface area (Å²) in [5.74, 6) is 1.93. The summed E-state index contributed by atoms with van der Waals surface area (Å²) in [6.45, 7) is 0. The molecule has 3 aromatic heterocycles. The number of fused-ring (bicyclic) bond motifs is 5. The minimum Gasteiger partial charge on any atom is -0.255 e. The molecule has 5 nitrogen and oxygen atoms in total. The third-order valence-corrected chi connectivity index (χ3v) is 8.11. The summed E-state index contributed by atoms with van der Waals surface area (Å²) in [6, 6.07) is 41.2. The Morgan fingerprint density at radius 1 is 0.488 bits per heavy atom. The predicted molar refractivity (Wildman–Crippen MR) is 168 cm³/mol. The molecule has 3 heterocycles. The first-order chi connectivity index (χ1) is 20.3. The van der Waals surface area contributed by atoms with Gasteiger partial charge in [-0.15, -0.1) is 0 Å². The normalized spacial score (nSPS) is 11.4. The van der Waals surface area contributed by atoms with Crippen LogP contribution in [0.3, 0.4) is 0 Å². The fourth-order valence-electron chi connectivity index (χ4n) is 5.33. The Morgan fingerprint density at radius 2 is 1.10 bits per heavy atom. The molecule has 0 N–H and O–H groups in total. The molecule has 0 fully saturated rings. The molecule has 0 spiro atoms. The van der Waals surface area contributed by atoms with Gasteiger partial charge in [0.05, 0.1) is 10.4 Å². The predicted octanol–water partition coefficient (Wildman–Crippen LogP) is 8.85. The summed E-state index contributed by atoms with van der Waals surface area (Å²) in [4.78, 5) is 19.4. The number of benzene rings is 5. The maximum Gasteiger partial charge on any atom is 0.164 e. The van der Waals surface area contributed by atoms with Gasteiger partial charge < -0.3 is 0 Å². The first-order valence-electron chi connectivity index (χ1n) is 13.4. The molecule has 192 valence electrons. The van der Waals surface area contributed by atoms with Crippen LogP contribution < -0.4 is 0 Å². The summed E-state index contributed by atoms with van der Waals surface area (Å²) in [5.41, 5.74) is 4.61. The first-order valence-corrected chi connectivity index (χ1v) is 14.1. The molecule has 0 bridgehead atoms. The zero-order valence-electron chi connectivity index (χ0n) is 21.8. The van der Waals surface area contributed by atoms with Gasteiger partial charge in [-0.3, -0.25) is 4.98 Å². The van der Waals surface area contributed by atoms with E-state index in [9.17, 15) is 0 Å². The Balaban J connectivity index is 1.40.